The summed E-state index contributed by atoms with van der Waals surface area (Å²) >= 11 is 0. The van der Waals surface area contributed by atoms with Gasteiger partial charge in [0.05, 0.1) is 5.69 Å². The summed E-state index contributed by atoms with van der Waals surface area (Å²) in [4.78, 5) is 24.3. The van der Waals surface area contributed by atoms with Crippen LogP contribution in [0.3, 0.4) is 0 Å². The summed E-state index contributed by atoms with van der Waals surface area (Å²) in [7, 11) is 0. The predicted octanol–water partition coefficient (Wildman–Crippen LogP) is 1.99. The lowest BCUT2D eigenvalue weighted by Gasteiger charge is -2.32. The Morgan fingerprint density at radius 3 is 2.84 bits per heavy atom. The maximum absolute atomic E-state index is 12.3. The Morgan fingerprint density at radius 1 is 1.36 bits per heavy atom. The summed E-state index contributed by atoms with van der Waals surface area (Å²) in [6, 6.07) is 1.93. The fraction of sp³-hybridized carbons (Fsp3) is 0.706. The first-order valence-electron chi connectivity index (χ1n) is 9.24. The number of carbonyl (C=O) groups is 2. The molecule has 0 bridgehead atoms. The van der Waals surface area contributed by atoms with Crippen LogP contribution in [0.15, 0.2) is 6.07 Å². The predicted molar refractivity (Wildman–Crippen MR) is 95.0 cm³/mol. The number of rotatable bonds is 4. The Bertz CT molecular complexity index is 623. The quantitative estimate of drug-likeness (QED) is 0.668. The van der Waals surface area contributed by atoms with Gasteiger partial charge in [0.2, 0.25) is 5.91 Å². The second kappa shape index (κ2) is 7.86. The van der Waals surface area contributed by atoms with Crippen molar-refractivity contribution in [1.29, 1.82) is 0 Å². The highest BCUT2D eigenvalue weighted by molar-refractivity contribution is 5.88. The van der Waals surface area contributed by atoms with Crippen molar-refractivity contribution in [2.75, 3.05) is 5.32 Å². The minimum atomic E-state index is -0.454. The number of carbonyl (C=O) groups excluding carboxylic acids is 2. The molecule has 2 heterocycles. The largest absolute Gasteiger partial charge is 0.335 e. The van der Waals surface area contributed by atoms with Crippen molar-refractivity contribution < 1.29 is 9.59 Å². The lowest BCUT2D eigenvalue weighted by Crippen LogP contribution is -2.53. The molecule has 2 aliphatic rings. The Balaban J connectivity index is 1.67. The van der Waals surface area contributed by atoms with E-state index in [1.165, 1.54) is 19.3 Å². The fourth-order valence-corrected chi connectivity index (χ4v) is 3.54. The van der Waals surface area contributed by atoms with Crippen LogP contribution in [0.1, 0.15) is 63.9 Å². The number of aromatic nitrogens is 2. The van der Waals surface area contributed by atoms with Crippen LogP contribution in [0.2, 0.25) is 0 Å². The number of hydrogen-bond donors (Lipinski definition) is 4. The smallest absolute Gasteiger partial charge is 0.320 e. The van der Waals surface area contributed by atoms with E-state index in [1.807, 2.05) is 19.9 Å². The van der Waals surface area contributed by atoms with Crippen LogP contribution < -0.4 is 21.3 Å². The zero-order valence-electron chi connectivity index (χ0n) is 15.0. The van der Waals surface area contributed by atoms with Gasteiger partial charge in [0.15, 0.2) is 6.29 Å². The molecule has 138 valence electrons. The van der Waals surface area contributed by atoms with Gasteiger partial charge in [-0.25, -0.2) is 9.48 Å². The third-order valence-electron chi connectivity index (χ3n) is 4.90. The number of nitrogens with one attached hydrogen (secondary N) is 4. The Morgan fingerprint density at radius 2 is 2.12 bits per heavy atom. The maximum atomic E-state index is 12.3. The lowest BCUT2D eigenvalue weighted by atomic mass is 9.96. The highest BCUT2D eigenvalue weighted by Crippen LogP contribution is 2.19. The minimum absolute atomic E-state index is 0.0126. The van der Waals surface area contributed by atoms with Gasteiger partial charge in [-0.2, -0.15) is 5.10 Å². The summed E-state index contributed by atoms with van der Waals surface area (Å²) in [6.07, 6.45) is 6.50. The molecule has 2 unspecified atom stereocenters. The molecule has 2 fully saturated rings. The van der Waals surface area contributed by atoms with E-state index >= 15 is 0 Å². The van der Waals surface area contributed by atoms with Crippen molar-refractivity contribution in [1.82, 2.24) is 25.7 Å². The van der Waals surface area contributed by atoms with Gasteiger partial charge in [0, 0.05) is 24.6 Å². The highest BCUT2D eigenvalue weighted by atomic mass is 16.2. The molecular formula is C17H28N6O2. The van der Waals surface area contributed by atoms with E-state index in [2.05, 4.69) is 26.4 Å². The van der Waals surface area contributed by atoms with Gasteiger partial charge in [-0.15, -0.1) is 0 Å². The SMILES string of the molecule is CCC1CC(=O)NC(n2nc(C)cc2NC(=O)NC2CCCCC2)N1. The molecule has 1 aromatic rings. The summed E-state index contributed by atoms with van der Waals surface area (Å²) in [5.74, 6) is 0.557. The third-order valence-corrected chi connectivity index (χ3v) is 4.90. The van der Waals surface area contributed by atoms with E-state index in [0.717, 1.165) is 25.0 Å². The number of nitrogens with zero attached hydrogens (tertiary/aromatic N) is 2. The van der Waals surface area contributed by atoms with Crippen LogP contribution >= 0.6 is 0 Å². The Hall–Kier alpha value is -2.09. The molecule has 2 atom stereocenters. The minimum Gasteiger partial charge on any atom is -0.335 e. The molecule has 1 aromatic heterocycles. The zero-order chi connectivity index (χ0) is 17.8. The molecule has 8 nitrogen and oxygen atoms in total. The first kappa shape index (κ1) is 17.7. The Labute approximate surface area is 148 Å². The zero-order valence-corrected chi connectivity index (χ0v) is 15.0. The molecule has 3 amide bonds. The summed E-state index contributed by atoms with van der Waals surface area (Å²) < 4.78 is 1.63. The van der Waals surface area contributed by atoms with E-state index in [4.69, 9.17) is 0 Å². The summed E-state index contributed by atoms with van der Waals surface area (Å²) in [5.41, 5.74) is 0.780. The molecule has 1 aliphatic carbocycles. The highest BCUT2D eigenvalue weighted by Gasteiger charge is 2.28. The van der Waals surface area contributed by atoms with E-state index in [0.29, 0.717) is 12.2 Å². The first-order valence-corrected chi connectivity index (χ1v) is 9.24. The van der Waals surface area contributed by atoms with Crippen LogP contribution in [-0.2, 0) is 4.79 Å². The van der Waals surface area contributed by atoms with Crippen molar-refractivity contribution in [3.8, 4) is 0 Å². The van der Waals surface area contributed by atoms with Gasteiger partial charge in [0.25, 0.3) is 0 Å². The second-order valence-corrected chi connectivity index (χ2v) is 6.99. The van der Waals surface area contributed by atoms with Gasteiger partial charge in [-0.1, -0.05) is 26.2 Å². The van der Waals surface area contributed by atoms with E-state index in [1.54, 1.807) is 4.68 Å². The van der Waals surface area contributed by atoms with E-state index in [9.17, 15) is 9.59 Å². The topological polar surface area (TPSA) is 100 Å². The molecule has 0 radical (unpaired) electrons. The standard InChI is InChI=1S/C17H28N6O2/c1-3-12-10-15(24)21-16(18-12)23-14(9-11(2)22-23)20-17(25)19-13-7-5-4-6-8-13/h9,12-13,16,18H,3-8,10H2,1-2H3,(H,21,24)(H2,19,20,25). The van der Waals surface area contributed by atoms with Gasteiger partial charge >= 0.3 is 6.03 Å². The number of amides is 3. The van der Waals surface area contributed by atoms with Crippen molar-refractivity contribution in [2.24, 2.45) is 0 Å². The molecule has 1 saturated carbocycles. The summed E-state index contributed by atoms with van der Waals surface area (Å²) in [5, 5.41) is 16.6. The van der Waals surface area contributed by atoms with Gasteiger partial charge < -0.3 is 10.6 Å². The van der Waals surface area contributed by atoms with Crippen LogP contribution in [0.5, 0.6) is 0 Å². The molecule has 1 saturated heterocycles. The number of urea groups is 1. The van der Waals surface area contributed by atoms with Gasteiger partial charge in [-0.05, 0) is 26.2 Å². The third kappa shape index (κ3) is 4.50. The van der Waals surface area contributed by atoms with E-state index < -0.39 is 6.29 Å². The number of anilines is 1. The van der Waals surface area contributed by atoms with Crippen LogP contribution in [0.4, 0.5) is 10.6 Å². The summed E-state index contributed by atoms with van der Waals surface area (Å²) in [6.45, 7) is 3.90. The van der Waals surface area contributed by atoms with Gasteiger partial charge in [0.1, 0.15) is 5.82 Å². The Kier molecular flexibility index (Phi) is 5.57. The normalized spacial score (nSPS) is 24.6. The van der Waals surface area contributed by atoms with Crippen LogP contribution in [-0.4, -0.2) is 33.8 Å². The van der Waals surface area contributed by atoms with Crippen LogP contribution in [0.25, 0.3) is 0 Å². The van der Waals surface area contributed by atoms with Crippen molar-refractivity contribution in [3.63, 3.8) is 0 Å². The lowest BCUT2D eigenvalue weighted by molar-refractivity contribution is -0.125. The second-order valence-electron chi connectivity index (χ2n) is 6.99. The van der Waals surface area contributed by atoms with Gasteiger partial charge in [-0.3, -0.25) is 15.4 Å². The monoisotopic (exact) mass is 348 g/mol. The van der Waals surface area contributed by atoms with Crippen molar-refractivity contribution in [2.45, 2.75) is 77.2 Å². The molecule has 0 aromatic carbocycles. The molecule has 25 heavy (non-hydrogen) atoms. The molecule has 8 heteroatoms. The average molecular weight is 348 g/mol. The maximum Gasteiger partial charge on any atom is 0.320 e. The van der Waals surface area contributed by atoms with Crippen LogP contribution in [0, 0.1) is 6.92 Å². The first-order chi connectivity index (χ1) is 12.0. The molecule has 0 spiro atoms. The average Bonchev–Trinajstić information content (AvgIpc) is 2.95. The molecule has 3 rings (SSSR count). The fourth-order valence-electron chi connectivity index (χ4n) is 3.54. The number of aryl methyl sites for hydroxylation is 1. The van der Waals surface area contributed by atoms with Crippen molar-refractivity contribution in [3.05, 3.63) is 11.8 Å². The number of hydrogen-bond acceptors (Lipinski definition) is 4. The van der Waals surface area contributed by atoms with Crippen molar-refractivity contribution >= 4 is 17.8 Å². The molecule has 4 N–H and O–H groups in total. The molecule has 1 aliphatic heterocycles. The van der Waals surface area contributed by atoms with E-state index in [-0.39, 0.29) is 24.0 Å². The molecular weight excluding hydrogens is 320 g/mol.